The molecule has 13 heavy (non-hydrogen) atoms. The average Bonchev–Trinajstić information content (AvgIpc) is 1.97. The molecule has 0 unspecified atom stereocenters. The van der Waals surface area contributed by atoms with E-state index in [2.05, 4.69) is 13.8 Å². The van der Waals surface area contributed by atoms with Crippen molar-refractivity contribution in [2.24, 2.45) is 11.7 Å². The highest BCUT2D eigenvalue weighted by Gasteiger charge is 2.25. The zero-order valence-electron chi connectivity index (χ0n) is 8.84. The number of hydrogen-bond donors (Lipinski definition) is 2. The molecule has 0 heterocycles. The second-order valence-electron chi connectivity index (χ2n) is 4.11. The van der Waals surface area contributed by atoms with E-state index < -0.39 is 11.5 Å². The quantitative estimate of drug-likeness (QED) is 0.668. The van der Waals surface area contributed by atoms with Gasteiger partial charge in [0.1, 0.15) is 0 Å². The van der Waals surface area contributed by atoms with Gasteiger partial charge >= 0.3 is 5.97 Å². The van der Waals surface area contributed by atoms with E-state index in [1.165, 1.54) is 0 Å². The molecule has 0 aromatic carbocycles. The normalized spacial score (nSPS) is 15.8. The Bertz CT molecular complexity index is 162. The summed E-state index contributed by atoms with van der Waals surface area (Å²) in [7, 11) is 0. The Balaban J connectivity index is 4.05. The second-order valence-corrected chi connectivity index (χ2v) is 4.11. The van der Waals surface area contributed by atoms with Gasteiger partial charge in [-0.3, -0.25) is 4.79 Å². The monoisotopic (exact) mass is 187 g/mol. The van der Waals surface area contributed by atoms with E-state index in [1.54, 1.807) is 0 Å². The topological polar surface area (TPSA) is 63.3 Å². The second kappa shape index (κ2) is 5.22. The molecule has 0 rings (SSSR count). The molecule has 0 amide bonds. The molecule has 0 saturated carbocycles. The number of hydrogen-bond acceptors (Lipinski definition) is 2. The fourth-order valence-electron chi connectivity index (χ4n) is 1.65. The molecule has 0 fully saturated rings. The first-order chi connectivity index (χ1) is 5.91. The van der Waals surface area contributed by atoms with Crippen molar-refractivity contribution in [3.63, 3.8) is 0 Å². The van der Waals surface area contributed by atoms with Gasteiger partial charge in [0.2, 0.25) is 0 Å². The van der Waals surface area contributed by atoms with E-state index in [9.17, 15) is 4.79 Å². The van der Waals surface area contributed by atoms with E-state index in [1.807, 2.05) is 6.92 Å². The van der Waals surface area contributed by atoms with Gasteiger partial charge in [0.05, 0.1) is 6.42 Å². The summed E-state index contributed by atoms with van der Waals surface area (Å²) < 4.78 is 0. The Hall–Kier alpha value is -0.570. The van der Waals surface area contributed by atoms with Gasteiger partial charge in [-0.1, -0.05) is 26.7 Å². The lowest BCUT2D eigenvalue weighted by Gasteiger charge is -2.27. The van der Waals surface area contributed by atoms with E-state index in [4.69, 9.17) is 10.8 Å². The number of carboxylic acids is 1. The van der Waals surface area contributed by atoms with Crippen molar-refractivity contribution in [3.05, 3.63) is 0 Å². The smallest absolute Gasteiger partial charge is 0.305 e. The molecule has 0 aliphatic rings. The van der Waals surface area contributed by atoms with Crippen molar-refractivity contribution in [1.29, 1.82) is 0 Å². The predicted octanol–water partition coefficient (Wildman–Crippen LogP) is 2.00. The van der Waals surface area contributed by atoms with Crippen molar-refractivity contribution in [2.45, 2.75) is 52.0 Å². The maximum atomic E-state index is 10.5. The number of aliphatic carboxylic acids is 1. The lowest BCUT2D eigenvalue weighted by molar-refractivity contribution is -0.138. The summed E-state index contributed by atoms with van der Waals surface area (Å²) in [5.41, 5.74) is 5.34. The third-order valence-corrected chi connectivity index (χ3v) is 2.46. The standard InChI is InChI=1S/C10H21NO2/c1-4-8(5-2)6-10(3,11)7-9(12)13/h8H,4-7,11H2,1-3H3,(H,12,13)/t10-/m0/s1. The van der Waals surface area contributed by atoms with Crippen LogP contribution in [0.2, 0.25) is 0 Å². The highest BCUT2D eigenvalue weighted by atomic mass is 16.4. The van der Waals surface area contributed by atoms with E-state index in [0.29, 0.717) is 5.92 Å². The van der Waals surface area contributed by atoms with Crippen LogP contribution < -0.4 is 5.73 Å². The summed E-state index contributed by atoms with van der Waals surface area (Å²) >= 11 is 0. The molecule has 0 aliphatic carbocycles. The Kier molecular flexibility index (Phi) is 4.99. The number of nitrogens with two attached hydrogens (primary N) is 1. The fraction of sp³-hybridized carbons (Fsp3) is 0.900. The van der Waals surface area contributed by atoms with Crippen LogP contribution >= 0.6 is 0 Å². The molecule has 0 aromatic rings. The Morgan fingerprint density at radius 3 is 2.23 bits per heavy atom. The highest BCUT2D eigenvalue weighted by Crippen LogP contribution is 2.22. The van der Waals surface area contributed by atoms with E-state index >= 15 is 0 Å². The van der Waals surface area contributed by atoms with Crippen LogP contribution in [0.5, 0.6) is 0 Å². The molecule has 0 saturated heterocycles. The molecule has 0 aliphatic heterocycles. The minimum absolute atomic E-state index is 0.0590. The third kappa shape index (κ3) is 5.64. The SMILES string of the molecule is CCC(CC)C[C@](C)(N)CC(=O)O. The average molecular weight is 187 g/mol. The van der Waals surface area contributed by atoms with Crippen LogP contribution in [0.15, 0.2) is 0 Å². The third-order valence-electron chi connectivity index (χ3n) is 2.46. The number of carboxylic acid groups (broad SMARTS) is 1. The lowest BCUT2D eigenvalue weighted by Crippen LogP contribution is -2.40. The van der Waals surface area contributed by atoms with Gasteiger partial charge in [-0.15, -0.1) is 0 Å². The molecular weight excluding hydrogens is 166 g/mol. The van der Waals surface area contributed by atoms with Crippen LogP contribution in [-0.4, -0.2) is 16.6 Å². The summed E-state index contributed by atoms with van der Waals surface area (Å²) in [6.07, 6.45) is 3.00. The van der Waals surface area contributed by atoms with Crippen LogP contribution in [0.3, 0.4) is 0 Å². The molecule has 0 aromatic heterocycles. The van der Waals surface area contributed by atoms with Gasteiger partial charge in [0.25, 0.3) is 0 Å². The first-order valence-corrected chi connectivity index (χ1v) is 4.92. The number of rotatable bonds is 6. The lowest BCUT2D eigenvalue weighted by atomic mass is 9.84. The zero-order valence-corrected chi connectivity index (χ0v) is 8.84. The van der Waals surface area contributed by atoms with Crippen molar-refractivity contribution in [2.75, 3.05) is 0 Å². The summed E-state index contributed by atoms with van der Waals surface area (Å²) in [5, 5.41) is 8.63. The molecule has 0 bridgehead atoms. The summed E-state index contributed by atoms with van der Waals surface area (Å²) in [4.78, 5) is 10.5. The Morgan fingerprint density at radius 1 is 1.46 bits per heavy atom. The molecule has 3 nitrogen and oxygen atoms in total. The van der Waals surface area contributed by atoms with Gasteiger partial charge in [-0.25, -0.2) is 0 Å². The van der Waals surface area contributed by atoms with Crippen LogP contribution in [0.1, 0.15) is 46.5 Å². The maximum absolute atomic E-state index is 10.5. The van der Waals surface area contributed by atoms with Crippen molar-refractivity contribution in [3.8, 4) is 0 Å². The summed E-state index contributed by atoms with van der Waals surface area (Å²) in [6, 6.07) is 0. The highest BCUT2D eigenvalue weighted by molar-refractivity contribution is 5.68. The minimum Gasteiger partial charge on any atom is -0.481 e. The Morgan fingerprint density at radius 2 is 1.92 bits per heavy atom. The van der Waals surface area contributed by atoms with Gasteiger partial charge < -0.3 is 10.8 Å². The van der Waals surface area contributed by atoms with Crippen molar-refractivity contribution < 1.29 is 9.90 Å². The zero-order chi connectivity index (χ0) is 10.5. The molecule has 78 valence electrons. The summed E-state index contributed by atoms with van der Waals surface area (Å²) in [5.74, 6) is -0.259. The molecule has 0 radical (unpaired) electrons. The first kappa shape index (κ1) is 12.4. The molecule has 0 spiro atoms. The van der Waals surface area contributed by atoms with Gasteiger partial charge in [-0.2, -0.15) is 0 Å². The first-order valence-electron chi connectivity index (χ1n) is 4.92. The van der Waals surface area contributed by atoms with E-state index in [-0.39, 0.29) is 6.42 Å². The van der Waals surface area contributed by atoms with E-state index in [0.717, 1.165) is 19.3 Å². The van der Waals surface area contributed by atoms with Gasteiger partial charge in [-0.05, 0) is 19.3 Å². The van der Waals surface area contributed by atoms with Crippen molar-refractivity contribution in [1.82, 2.24) is 0 Å². The van der Waals surface area contributed by atoms with Gasteiger partial charge in [0.15, 0.2) is 0 Å². The predicted molar refractivity (Wildman–Crippen MR) is 53.5 cm³/mol. The van der Waals surface area contributed by atoms with Crippen LogP contribution in [0.25, 0.3) is 0 Å². The Labute approximate surface area is 80.3 Å². The van der Waals surface area contributed by atoms with Crippen LogP contribution in [0.4, 0.5) is 0 Å². The fourth-order valence-corrected chi connectivity index (χ4v) is 1.65. The van der Waals surface area contributed by atoms with Crippen LogP contribution in [-0.2, 0) is 4.79 Å². The summed E-state index contributed by atoms with van der Waals surface area (Å²) in [6.45, 7) is 6.05. The van der Waals surface area contributed by atoms with Crippen molar-refractivity contribution >= 4 is 5.97 Å². The van der Waals surface area contributed by atoms with Crippen LogP contribution in [0, 0.1) is 5.92 Å². The molecule has 3 heteroatoms. The number of carbonyl (C=O) groups is 1. The minimum atomic E-state index is -0.809. The van der Waals surface area contributed by atoms with Gasteiger partial charge in [0, 0.05) is 5.54 Å². The largest absolute Gasteiger partial charge is 0.481 e. The molecule has 1 atom stereocenters. The molecular formula is C10H21NO2. The maximum Gasteiger partial charge on any atom is 0.305 e. The molecule has 3 N–H and O–H groups in total.